The summed E-state index contributed by atoms with van der Waals surface area (Å²) in [5, 5.41) is 3.36. The first kappa shape index (κ1) is 18.8. The highest BCUT2D eigenvalue weighted by Gasteiger charge is 2.24. The molecule has 0 spiro atoms. The second kappa shape index (κ2) is 8.59. The fourth-order valence-corrected chi connectivity index (χ4v) is 3.98. The SMILES string of the molecule is CCOc1c(I)cc(/C=C2\SC(=Nc3ccccc3)NC2=O)cc1OC. The van der Waals surface area contributed by atoms with Crippen molar-refractivity contribution >= 4 is 57.2 Å². The van der Waals surface area contributed by atoms with Gasteiger partial charge in [-0.15, -0.1) is 0 Å². The molecule has 0 aromatic heterocycles. The number of aliphatic imine (C=N–C) groups is 1. The molecule has 1 saturated heterocycles. The Kier molecular flexibility index (Phi) is 6.20. The Balaban J connectivity index is 1.87. The monoisotopic (exact) mass is 480 g/mol. The molecule has 26 heavy (non-hydrogen) atoms. The number of carbonyl (C=O) groups is 1. The van der Waals surface area contributed by atoms with Crippen molar-refractivity contribution in [2.24, 2.45) is 4.99 Å². The van der Waals surface area contributed by atoms with Crippen LogP contribution in [0.5, 0.6) is 11.5 Å². The number of hydrogen-bond acceptors (Lipinski definition) is 5. The van der Waals surface area contributed by atoms with Crippen LogP contribution >= 0.6 is 34.4 Å². The molecule has 2 aromatic carbocycles. The maximum Gasteiger partial charge on any atom is 0.264 e. The molecule has 7 heteroatoms. The van der Waals surface area contributed by atoms with Crippen molar-refractivity contribution in [3.8, 4) is 11.5 Å². The number of nitrogens with one attached hydrogen (secondary N) is 1. The van der Waals surface area contributed by atoms with E-state index in [0.717, 1.165) is 14.8 Å². The molecular formula is C19H17IN2O3S. The van der Waals surface area contributed by atoms with Crippen LogP contribution in [0.1, 0.15) is 12.5 Å². The number of rotatable bonds is 5. The number of para-hydroxylation sites is 1. The van der Waals surface area contributed by atoms with E-state index in [1.807, 2.05) is 55.5 Å². The van der Waals surface area contributed by atoms with Crippen LogP contribution in [0.4, 0.5) is 5.69 Å². The van der Waals surface area contributed by atoms with Crippen molar-refractivity contribution in [1.82, 2.24) is 5.32 Å². The van der Waals surface area contributed by atoms with Gasteiger partial charge in [-0.25, -0.2) is 4.99 Å². The van der Waals surface area contributed by atoms with E-state index < -0.39 is 0 Å². The van der Waals surface area contributed by atoms with Crippen LogP contribution in [0.15, 0.2) is 52.4 Å². The van der Waals surface area contributed by atoms with Gasteiger partial charge in [0, 0.05) is 0 Å². The van der Waals surface area contributed by atoms with Gasteiger partial charge in [-0.1, -0.05) is 18.2 Å². The lowest BCUT2D eigenvalue weighted by Crippen LogP contribution is -2.19. The number of methoxy groups -OCH3 is 1. The summed E-state index contributed by atoms with van der Waals surface area (Å²) in [6, 6.07) is 13.3. The van der Waals surface area contributed by atoms with Gasteiger partial charge in [0.15, 0.2) is 16.7 Å². The topological polar surface area (TPSA) is 59.9 Å². The van der Waals surface area contributed by atoms with Crippen molar-refractivity contribution in [2.45, 2.75) is 6.92 Å². The summed E-state index contributed by atoms with van der Waals surface area (Å²) in [5.74, 6) is 1.20. The zero-order valence-electron chi connectivity index (χ0n) is 14.3. The molecule has 1 heterocycles. The zero-order valence-corrected chi connectivity index (χ0v) is 17.3. The second-order valence-corrected chi connectivity index (χ2v) is 7.48. The van der Waals surface area contributed by atoms with Crippen molar-refractivity contribution < 1.29 is 14.3 Å². The van der Waals surface area contributed by atoms with Crippen LogP contribution in [-0.4, -0.2) is 24.8 Å². The largest absolute Gasteiger partial charge is 0.493 e. The quantitative estimate of drug-likeness (QED) is 0.503. The van der Waals surface area contributed by atoms with Gasteiger partial charge in [0.1, 0.15) is 0 Å². The van der Waals surface area contributed by atoms with E-state index >= 15 is 0 Å². The lowest BCUT2D eigenvalue weighted by Gasteiger charge is -2.12. The van der Waals surface area contributed by atoms with E-state index in [-0.39, 0.29) is 5.91 Å². The smallest absolute Gasteiger partial charge is 0.264 e. The van der Waals surface area contributed by atoms with Crippen LogP contribution < -0.4 is 14.8 Å². The fourth-order valence-electron chi connectivity index (χ4n) is 2.36. The first-order valence-electron chi connectivity index (χ1n) is 7.95. The molecule has 1 N–H and O–H groups in total. The molecule has 1 aliphatic rings. The minimum Gasteiger partial charge on any atom is -0.493 e. The molecular weight excluding hydrogens is 463 g/mol. The van der Waals surface area contributed by atoms with Crippen molar-refractivity contribution in [2.75, 3.05) is 13.7 Å². The molecule has 5 nitrogen and oxygen atoms in total. The molecule has 2 aromatic rings. The molecule has 0 radical (unpaired) electrons. The number of ether oxygens (including phenoxy) is 2. The third-order valence-electron chi connectivity index (χ3n) is 3.48. The predicted molar refractivity (Wildman–Crippen MR) is 114 cm³/mol. The number of carbonyl (C=O) groups excluding carboxylic acids is 1. The first-order chi connectivity index (χ1) is 12.6. The van der Waals surface area contributed by atoms with Crippen LogP contribution in [0.25, 0.3) is 6.08 Å². The summed E-state index contributed by atoms with van der Waals surface area (Å²) in [5.41, 5.74) is 1.67. The minimum atomic E-state index is -0.160. The van der Waals surface area contributed by atoms with E-state index in [0.29, 0.717) is 28.2 Å². The molecule has 0 bridgehead atoms. The predicted octanol–water partition coefficient (Wildman–Crippen LogP) is 4.59. The Hall–Kier alpha value is -2.00. The number of benzene rings is 2. The Labute approximate surface area is 170 Å². The number of hydrogen-bond donors (Lipinski definition) is 1. The van der Waals surface area contributed by atoms with E-state index in [1.54, 1.807) is 7.11 Å². The first-order valence-corrected chi connectivity index (χ1v) is 9.85. The highest BCUT2D eigenvalue weighted by atomic mass is 127. The van der Waals surface area contributed by atoms with Crippen molar-refractivity contribution in [3.05, 3.63) is 56.5 Å². The Morgan fingerprint density at radius 1 is 1.27 bits per heavy atom. The third kappa shape index (κ3) is 4.39. The van der Waals surface area contributed by atoms with Gasteiger partial charge in [0.05, 0.1) is 27.9 Å². The van der Waals surface area contributed by atoms with Crippen LogP contribution in [0.2, 0.25) is 0 Å². The summed E-state index contributed by atoms with van der Waals surface area (Å²) in [4.78, 5) is 17.3. The summed E-state index contributed by atoms with van der Waals surface area (Å²) in [6.07, 6.45) is 1.83. The number of halogens is 1. The molecule has 1 amide bonds. The van der Waals surface area contributed by atoms with Gasteiger partial charge in [0.25, 0.3) is 5.91 Å². The normalized spacial score (nSPS) is 16.8. The molecule has 134 valence electrons. The average molecular weight is 480 g/mol. The average Bonchev–Trinajstić information content (AvgIpc) is 2.97. The summed E-state index contributed by atoms with van der Waals surface area (Å²) in [7, 11) is 1.60. The molecule has 0 saturated carbocycles. The fraction of sp³-hybridized carbons (Fsp3) is 0.158. The molecule has 1 aliphatic heterocycles. The van der Waals surface area contributed by atoms with Gasteiger partial charge in [-0.2, -0.15) is 0 Å². The maximum atomic E-state index is 12.2. The molecule has 0 unspecified atom stereocenters. The third-order valence-corrected chi connectivity index (χ3v) is 5.19. The zero-order chi connectivity index (χ0) is 18.5. The summed E-state index contributed by atoms with van der Waals surface area (Å²) >= 11 is 3.52. The number of amides is 1. The Morgan fingerprint density at radius 2 is 2.04 bits per heavy atom. The highest BCUT2D eigenvalue weighted by Crippen LogP contribution is 2.36. The van der Waals surface area contributed by atoms with E-state index in [2.05, 4.69) is 32.9 Å². The highest BCUT2D eigenvalue weighted by molar-refractivity contribution is 14.1. The standard InChI is InChI=1S/C19H17IN2O3S/c1-3-25-17-14(20)9-12(10-15(17)24-2)11-16-18(23)22-19(26-16)21-13-7-5-4-6-8-13/h4-11H,3H2,1-2H3,(H,21,22,23)/b16-11-. The van der Waals surface area contributed by atoms with E-state index in [9.17, 15) is 4.79 Å². The van der Waals surface area contributed by atoms with Crippen LogP contribution in [0, 0.1) is 3.57 Å². The molecule has 0 atom stereocenters. The van der Waals surface area contributed by atoms with Crippen LogP contribution in [-0.2, 0) is 4.79 Å². The molecule has 3 rings (SSSR count). The lowest BCUT2D eigenvalue weighted by molar-refractivity contribution is -0.115. The van der Waals surface area contributed by atoms with E-state index in [4.69, 9.17) is 9.47 Å². The van der Waals surface area contributed by atoms with Gasteiger partial charge < -0.3 is 14.8 Å². The van der Waals surface area contributed by atoms with Gasteiger partial charge in [-0.05, 0) is 77.2 Å². The Morgan fingerprint density at radius 3 is 2.73 bits per heavy atom. The van der Waals surface area contributed by atoms with Gasteiger partial charge in [-0.3, -0.25) is 4.79 Å². The Bertz CT molecular complexity index is 882. The van der Waals surface area contributed by atoms with E-state index in [1.165, 1.54) is 11.8 Å². The number of nitrogens with zero attached hydrogens (tertiary/aromatic N) is 1. The maximum absolute atomic E-state index is 12.2. The van der Waals surface area contributed by atoms with Gasteiger partial charge in [0.2, 0.25) is 0 Å². The minimum absolute atomic E-state index is 0.160. The lowest BCUT2D eigenvalue weighted by atomic mass is 10.2. The van der Waals surface area contributed by atoms with Gasteiger partial charge >= 0.3 is 0 Å². The second-order valence-electron chi connectivity index (χ2n) is 5.28. The van der Waals surface area contributed by atoms with Crippen LogP contribution in [0.3, 0.4) is 0 Å². The van der Waals surface area contributed by atoms with Crippen molar-refractivity contribution in [3.63, 3.8) is 0 Å². The molecule has 0 aliphatic carbocycles. The number of amidine groups is 1. The number of thioether (sulfide) groups is 1. The van der Waals surface area contributed by atoms with Crippen molar-refractivity contribution in [1.29, 1.82) is 0 Å². The summed E-state index contributed by atoms with van der Waals surface area (Å²) < 4.78 is 12.0. The summed E-state index contributed by atoms with van der Waals surface area (Å²) in [6.45, 7) is 2.49. The molecule has 1 fully saturated rings.